The highest BCUT2D eigenvalue weighted by Crippen LogP contribution is 2.20. The molecule has 0 saturated carbocycles. The molecule has 0 saturated heterocycles. The SMILES string of the molecule is C=C(C)CN(CC)CCCC(CCN)C(C)C. The van der Waals surface area contributed by atoms with Gasteiger partial charge in [0.05, 0.1) is 0 Å². The van der Waals surface area contributed by atoms with Crippen molar-refractivity contribution in [3.05, 3.63) is 12.2 Å². The van der Waals surface area contributed by atoms with Crippen molar-refractivity contribution < 1.29 is 0 Å². The van der Waals surface area contributed by atoms with Crippen molar-refractivity contribution in [1.29, 1.82) is 0 Å². The van der Waals surface area contributed by atoms with E-state index in [0.29, 0.717) is 0 Å². The summed E-state index contributed by atoms with van der Waals surface area (Å²) in [6.45, 7) is 17.1. The highest BCUT2D eigenvalue weighted by Gasteiger charge is 2.12. The first kappa shape index (κ1) is 16.7. The Labute approximate surface area is 108 Å². The van der Waals surface area contributed by atoms with Crippen molar-refractivity contribution in [3.63, 3.8) is 0 Å². The Bertz CT molecular complexity index is 199. The van der Waals surface area contributed by atoms with E-state index in [2.05, 4.69) is 39.2 Å². The predicted molar refractivity (Wildman–Crippen MR) is 78.2 cm³/mol. The molecule has 0 rings (SSSR count). The van der Waals surface area contributed by atoms with Gasteiger partial charge in [0.25, 0.3) is 0 Å². The van der Waals surface area contributed by atoms with E-state index < -0.39 is 0 Å². The van der Waals surface area contributed by atoms with E-state index in [4.69, 9.17) is 5.73 Å². The molecule has 0 aliphatic rings. The molecule has 2 N–H and O–H groups in total. The van der Waals surface area contributed by atoms with E-state index in [0.717, 1.165) is 31.5 Å². The monoisotopic (exact) mass is 240 g/mol. The average molecular weight is 240 g/mol. The summed E-state index contributed by atoms with van der Waals surface area (Å²) in [5, 5.41) is 0. The predicted octanol–water partition coefficient (Wildman–Crippen LogP) is 3.29. The topological polar surface area (TPSA) is 29.3 Å². The van der Waals surface area contributed by atoms with Crippen LogP contribution in [-0.2, 0) is 0 Å². The molecule has 0 aromatic heterocycles. The highest BCUT2D eigenvalue weighted by atomic mass is 15.1. The second-order valence-corrected chi connectivity index (χ2v) is 5.55. The molecule has 1 unspecified atom stereocenters. The lowest BCUT2D eigenvalue weighted by atomic mass is 9.88. The Balaban J connectivity index is 3.88. The maximum atomic E-state index is 5.67. The summed E-state index contributed by atoms with van der Waals surface area (Å²) in [4.78, 5) is 2.47. The lowest BCUT2D eigenvalue weighted by Gasteiger charge is -2.24. The molecule has 0 heterocycles. The second kappa shape index (κ2) is 9.67. The molecule has 0 radical (unpaired) electrons. The van der Waals surface area contributed by atoms with E-state index >= 15 is 0 Å². The zero-order valence-corrected chi connectivity index (χ0v) is 12.3. The minimum absolute atomic E-state index is 0.759. The summed E-state index contributed by atoms with van der Waals surface area (Å²) < 4.78 is 0. The Morgan fingerprint density at radius 1 is 1.29 bits per heavy atom. The van der Waals surface area contributed by atoms with Gasteiger partial charge in [0.15, 0.2) is 0 Å². The largest absolute Gasteiger partial charge is 0.330 e. The van der Waals surface area contributed by atoms with Crippen LogP contribution in [0.25, 0.3) is 0 Å². The summed E-state index contributed by atoms with van der Waals surface area (Å²) >= 11 is 0. The lowest BCUT2D eigenvalue weighted by molar-refractivity contribution is 0.271. The van der Waals surface area contributed by atoms with Gasteiger partial charge in [-0.05, 0) is 57.7 Å². The van der Waals surface area contributed by atoms with Crippen LogP contribution in [-0.4, -0.2) is 31.1 Å². The van der Waals surface area contributed by atoms with Crippen LogP contribution in [0.2, 0.25) is 0 Å². The zero-order chi connectivity index (χ0) is 13.3. The zero-order valence-electron chi connectivity index (χ0n) is 12.3. The van der Waals surface area contributed by atoms with Crippen LogP contribution in [0.5, 0.6) is 0 Å². The molecule has 0 spiro atoms. The molecule has 2 nitrogen and oxygen atoms in total. The standard InChI is InChI=1S/C15H32N2/c1-6-17(12-13(2)3)11-7-8-15(9-10-16)14(4)5/h14-15H,2,6-12,16H2,1,3-5H3. The van der Waals surface area contributed by atoms with Gasteiger partial charge >= 0.3 is 0 Å². The van der Waals surface area contributed by atoms with Crippen molar-refractivity contribution in [2.24, 2.45) is 17.6 Å². The first-order valence-corrected chi connectivity index (χ1v) is 7.08. The fourth-order valence-corrected chi connectivity index (χ4v) is 2.33. The molecule has 1 atom stereocenters. The molecule has 2 heteroatoms. The van der Waals surface area contributed by atoms with E-state index in [9.17, 15) is 0 Å². The van der Waals surface area contributed by atoms with Gasteiger partial charge in [-0.1, -0.05) is 32.9 Å². The van der Waals surface area contributed by atoms with Crippen molar-refractivity contribution in [1.82, 2.24) is 4.90 Å². The lowest BCUT2D eigenvalue weighted by Crippen LogP contribution is -2.27. The fraction of sp³-hybridized carbons (Fsp3) is 0.867. The van der Waals surface area contributed by atoms with Crippen LogP contribution < -0.4 is 5.73 Å². The molecule has 0 aliphatic carbocycles. The minimum Gasteiger partial charge on any atom is -0.330 e. The number of hydrogen-bond acceptors (Lipinski definition) is 2. The van der Waals surface area contributed by atoms with Crippen LogP contribution in [0.3, 0.4) is 0 Å². The van der Waals surface area contributed by atoms with E-state index in [-0.39, 0.29) is 0 Å². The number of nitrogens with zero attached hydrogens (tertiary/aromatic N) is 1. The van der Waals surface area contributed by atoms with E-state index in [1.54, 1.807) is 0 Å². The Morgan fingerprint density at radius 3 is 2.35 bits per heavy atom. The summed E-state index contributed by atoms with van der Waals surface area (Å²) in [7, 11) is 0. The van der Waals surface area contributed by atoms with E-state index in [1.165, 1.54) is 31.4 Å². The van der Waals surface area contributed by atoms with Gasteiger partial charge in [0.1, 0.15) is 0 Å². The molecule has 0 amide bonds. The van der Waals surface area contributed by atoms with Gasteiger partial charge in [-0.15, -0.1) is 0 Å². The molecular weight excluding hydrogens is 208 g/mol. The number of nitrogens with two attached hydrogens (primary N) is 1. The first-order chi connectivity index (χ1) is 8.01. The van der Waals surface area contributed by atoms with Crippen LogP contribution in [0.15, 0.2) is 12.2 Å². The Morgan fingerprint density at radius 2 is 1.94 bits per heavy atom. The van der Waals surface area contributed by atoms with E-state index in [1.807, 2.05) is 0 Å². The Kier molecular flexibility index (Phi) is 9.47. The number of rotatable bonds is 10. The molecule has 0 bridgehead atoms. The summed E-state index contributed by atoms with van der Waals surface area (Å²) in [6.07, 6.45) is 3.76. The normalized spacial score (nSPS) is 13.4. The average Bonchev–Trinajstić information content (AvgIpc) is 2.25. The number of likely N-dealkylation sites (N-methyl/N-ethyl adjacent to an activating group) is 1. The molecule has 0 aliphatic heterocycles. The minimum atomic E-state index is 0.759. The second-order valence-electron chi connectivity index (χ2n) is 5.55. The third kappa shape index (κ3) is 8.39. The van der Waals surface area contributed by atoms with Crippen molar-refractivity contribution in [2.45, 2.75) is 47.0 Å². The summed E-state index contributed by atoms with van der Waals surface area (Å²) in [5.41, 5.74) is 6.93. The number of hydrogen-bond donors (Lipinski definition) is 1. The van der Waals surface area contributed by atoms with Crippen LogP contribution >= 0.6 is 0 Å². The maximum absolute atomic E-state index is 5.67. The molecule has 102 valence electrons. The molecular formula is C15H32N2. The Hall–Kier alpha value is -0.340. The molecule has 0 aromatic carbocycles. The van der Waals surface area contributed by atoms with Gasteiger partial charge in [0.2, 0.25) is 0 Å². The van der Waals surface area contributed by atoms with Crippen LogP contribution in [0.1, 0.15) is 47.0 Å². The van der Waals surface area contributed by atoms with Crippen molar-refractivity contribution in [3.8, 4) is 0 Å². The van der Waals surface area contributed by atoms with Gasteiger partial charge in [-0.3, -0.25) is 4.90 Å². The third-order valence-corrected chi connectivity index (χ3v) is 3.47. The van der Waals surface area contributed by atoms with Gasteiger partial charge < -0.3 is 5.73 Å². The van der Waals surface area contributed by atoms with Gasteiger partial charge in [-0.2, -0.15) is 0 Å². The maximum Gasteiger partial charge on any atom is 0.0187 e. The quantitative estimate of drug-likeness (QED) is 0.594. The van der Waals surface area contributed by atoms with Gasteiger partial charge in [0, 0.05) is 6.54 Å². The van der Waals surface area contributed by atoms with Crippen LogP contribution in [0, 0.1) is 11.8 Å². The van der Waals surface area contributed by atoms with Crippen LogP contribution in [0.4, 0.5) is 0 Å². The first-order valence-electron chi connectivity index (χ1n) is 7.08. The molecule has 17 heavy (non-hydrogen) atoms. The molecule has 0 fully saturated rings. The highest BCUT2D eigenvalue weighted by molar-refractivity contribution is 4.91. The van der Waals surface area contributed by atoms with Gasteiger partial charge in [-0.25, -0.2) is 0 Å². The third-order valence-electron chi connectivity index (χ3n) is 3.47. The molecule has 0 aromatic rings. The summed E-state index contributed by atoms with van der Waals surface area (Å²) in [5.74, 6) is 1.55. The van der Waals surface area contributed by atoms with Crippen molar-refractivity contribution in [2.75, 3.05) is 26.2 Å². The summed E-state index contributed by atoms with van der Waals surface area (Å²) in [6, 6.07) is 0. The fourth-order valence-electron chi connectivity index (χ4n) is 2.33. The smallest absolute Gasteiger partial charge is 0.0187 e. The van der Waals surface area contributed by atoms with Crippen molar-refractivity contribution >= 4 is 0 Å².